The Kier molecular flexibility index (Phi) is 4.97. The van der Waals surface area contributed by atoms with E-state index in [1.807, 2.05) is 0 Å². The number of nitrogens with one attached hydrogen (secondary N) is 1. The summed E-state index contributed by atoms with van der Waals surface area (Å²) in [5.74, 6) is 0.808. The molecule has 3 atom stereocenters. The lowest BCUT2D eigenvalue weighted by Gasteiger charge is -2.36. The van der Waals surface area contributed by atoms with Crippen LogP contribution >= 0.6 is 0 Å². The van der Waals surface area contributed by atoms with Gasteiger partial charge in [-0.2, -0.15) is 0 Å². The maximum atomic E-state index is 6.13. The van der Waals surface area contributed by atoms with Gasteiger partial charge in [-0.15, -0.1) is 0 Å². The van der Waals surface area contributed by atoms with Crippen molar-refractivity contribution in [3.05, 3.63) is 0 Å². The van der Waals surface area contributed by atoms with Crippen LogP contribution in [0.25, 0.3) is 0 Å². The first kappa shape index (κ1) is 14.8. The molecule has 3 fully saturated rings. The second-order valence-electron chi connectivity index (χ2n) is 6.75. The Labute approximate surface area is 122 Å². The van der Waals surface area contributed by atoms with Crippen LogP contribution in [0.1, 0.15) is 38.5 Å². The summed E-state index contributed by atoms with van der Waals surface area (Å²) in [7, 11) is 1.76. The lowest BCUT2D eigenvalue weighted by atomic mass is 9.74. The monoisotopic (exact) mass is 283 g/mol. The molecule has 2 heterocycles. The van der Waals surface area contributed by atoms with Crippen LogP contribution < -0.4 is 5.32 Å². The van der Waals surface area contributed by atoms with Gasteiger partial charge >= 0.3 is 0 Å². The zero-order valence-corrected chi connectivity index (χ0v) is 12.7. The van der Waals surface area contributed by atoms with Gasteiger partial charge in [0, 0.05) is 38.8 Å². The van der Waals surface area contributed by atoms with E-state index in [1.165, 1.54) is 38.5 Å². The maximum absolute atomic E-state index is 6.13. The van der Waals surface area contributed by atoms with E-state index >= 15 is 0 Å². The molecule has 0 radical (unpaired) electrons. The van der Waals surface area contributed by atoms with E-state index in [-0.39, 0.29) is 0 Å². The molecule has 2 aliphatic heterocycles. The number of methoxy groups -OCH3 is 1. The largest absolute Gasteiger partial charge is 0.383 e. The third kappa shape index (κ3) is 3.35. The summed E-state index contributed by atoms with van der Waals surface area (Å²) < 4.78 is 17.2. The molecule has 116 valence electrons. The molecule has 1 aliphatic carbocycles. The molecule has 4 heteroatoms. The minimum absolute atomic E-state index is 0.296. The van der Waals surface area contributed by atoms with Crippen molar-refractivity contribution in [3.8, 4) is 0 Å². The molecule has 1 N–H and O–H groups in total. The molecule has 3 rings (SSSR count). The molecular formula is C16H29NO3. The van der Waals surface area contributed by atoms with Crippen LogP contribution in [-0.2, 0) is 14.2 Å². The Morgan fingerprint density at radius 1 is 1.20 bits per heavy atom. The Bertz CT molecular complexity index is 302. The van der Waals surface area contributed by atoms with Crippen molar-refractivity contribution in [1.82, 2.24) is 5.32 Å². The fraction of sp³-hybridized carbons (Fsp3) is 1.00. The molecule has 4 nitrogen and oxygen atoms in total. The van der Waals surface area contributed by atoms with Crippen LogP contribution in [0.2, 0.25) is 0 Å². The standard InChI is InChI=1S/C16H29NO3/c1-18-10-7-17-12-16(11-14-3-2-8-19-14)6-9-20-15(16)13-4-5-13/h13-15,17H,2-12H2,1H3. The molecule has 0 amide bonds. The Hall–Kier alpha value is -0.160. The number of rotatable bonds is 8. The van der Waals surface area contributed by atoms with Crippen LogP contribution in [0.4, 0.5) is 0 Å². The average molecular weight is 283 g/mol. The van der Waals surface area contributed by atoms with E-state index in [2.05, 4.69) is 5.32 Å². The van der Waals surface area contributed by atoms with E-state index in [1.54, 1.807) is 7.11 Å². The van der Waals surface area contributed by atoms with Gasteiger partial charge in [0.15, 0.2) is 0 Å². The Balaban J connectivity index is 1.61. The number of hydrogen-bond acceptors (Lipinski definition) is 4. The van der Waals surface area contributed by atoms with Crippen molar-refractivity contribution in [1.29, 1.82) is 0 Å². The quantitative estimate of drug-likeness (QED) is 0.692. The third-order valence-electron chi connectivity index (χ3n) is 5.17. The number of hydrogen-bond donors (Lipinski definition) is 1. The highest BCUT2D eigenvalue weighted by Gasteiger charge is 2.51. The maximum Gasteiger partial charge on any atom is 0.0673 e. The molecule has 0 aromatic rings. The fourth-order valence-electron chi connectivity index (χ4n) is 3.99. The second kappa shape index (κ2) is 6.73. The second-order valence-corrected chi connectivity index (χ2v) is 6.75. The topological polar surface area (TPSA) is 39.7 Å². The molecule has 0 aromatic heterocycles. The smallest absolute Gasteiger partial charge is 0.0673 e. The van der Waals surface area contributed by atoms with E-state index in [9.17, 15) is 0 Å². The summed E-state index contributed by atoms with van der Waals surface area (Å²) in [5, 5.41) is 3.60. The summed E-state index contributed by atoms with van der Waals surface area (Å²) in [6.45, 7) is 4.65. The molecule has 20 heavy (non-hydrogen) atoms. The molecule has 3 unspecified atom stereocenters. The third-order valence-corrected chi connectivity index (χ3v) is 5.17. The first-order chi connectivity index (χ1) is 9.84. The van der Waals surface area contributed by atoms with E-state index in [4.69, 9.17) is 14.2 Å². The van der Waals surface area contributed by atoms with Crippen molar-refractivity contribution in [3.63, 3.8) is 0 Å². The van der Waals surface area contributed by atoms with Crippen molar-refractivity contribution in [2.24, 2.45) is 11.3 Å². The average Bonchev–Trinajstić information content (AvgIpc) is 3.01. The first-order valence-electron chi connectivity index (χ1n) is 8.27. The minimum Gasteiger partial charge on any atom is -0.383 e. The highest BCUT2D eigenvalue weighted by Crippen LogP contribution is 2.50. The van der Waals surface area contributed by atoms with E-state index in [0.717, 1.165) is 38.8 Å². The molecule has 3 aliphatic rings. The van der Waals surface area contributed by atoms with Crippen molar-refractivity contribution in [2.45, 2.75) is 50.7 Å². The van der Waals surface area contributed by atoms with Gasteiger partial charge in [-0.1, -0.05) is 0 Å². The highest BCUT2D eigenvalue weighted by atomic mass is 16.5. The predicted molar refractivity (Wildman–Crippen MR) is 77.9 cm³/mol. The van der Waals surface area contributed by atoms with Crippen LogP contribution in [0.15, 0.2) is 0 Å². The molecule has 2 saturated heterocycles. The zero-order chi connectivity index (χ0) is 13.8. The molecule has 0 aromatic carbocycles. The first-order valence-corrected chi connectivity index (χ1v) is 8.27. The molecular weight excluding hydrogens is 254 g/mol. The summed E-state index contributed by atoms with van der Waals surface area (Å²) in [6, 6.07) is 0. The van der Waals surface area contributed by atoms with Gasteiger partial charge in [0.05, 0.1) is 18.8 Å². The SMILES string of the molecule is COCCNCC1(CC2CCCO2)CCOC1C1CC1. The summed E-state index contributed by atoms with van der Waals surface area (Å²) in [5.41, 5.74) is 0.296. The summed E-state index contributed by atoms with van der Waals surface area (Å²) in [4.78, 5) is 0. The van der Waals surface area contributed by atoms with Gasteiger partial charge < -0.3 is 19.5 Å². The van der Waals surface area contributed by atoms with Gasteiger partial charge in [0.25, 0.3) is 0 Å². The van der Waals surface area contributed by atoms with Crippen LogP contribution in [0.3, 0.4) is 0 Å². The van der Waals surface area contributed by atoms with Gasteiger partial charge in [0.2, 0.25) is 0 Å². The zero-order valence-electron chi connectivity index (χ0n) is 12.7. The normalized spacial score (nSPS) is 37.6. The summed E-state index contributed by atoms with van der Waals surface area (Å²) in [6.07, 6.45) is 8.46. The predicted octanol–water partition coefficient (Wildman–Crippen LogP) is 1.98. The fourth-order valence-corrected chi connectivity index (χ4v) is 3.99. The molecule has 0 bridgehead atoms. The molecule has 0 spiro atoms. The van der Waals surface area contributed by atoms with Crippen LogP contribution in [0, 0.1) is 11.3 Å². The van der Waals surface area contributed by atoms with Gasteiger partial charge in [-0.05, 0) is 44.4 Å². The Morgan fingerprint density at radius 3 is 2.80 bits per heavy atom. The number of ether oxygens (including phenoxy) is 3. The van der Waals surface area contributed by atoms with E-state index in [0.29, 0.717) is 17.6 Å². The van der Waals surface area contributed by atoms with Gasteiger partial charge in [-0.3, -0.25) is 0 Å². The lowest BCUT2D eigenvalue weighted by molar-refractivity contribution is -0.00584. The minimum atomic E-state index is 0.296. The van der Waals surface area contributed by atoms with Crippen molar-refractivity contribution >= 4 is 0 Å². The van der Waals surface area contributed by atoms with Crippen LogP contribution in [-0.4, -0.2) is 52.2 Å². The molecule has 1 saturated carbocycles. The van der Waals surface area contributed by atoms with Crippen molar-refractivity contribution < 1.29 is 14.2 Å². The van der Waals surface area contributed by atoms with Gasteiger partial charge in [0.1, 0.15) is 0 Å². The summed E-state index contributed by atoms with van der Waals surface area (Å²) >= 11 is 0. The highest BCUT2D eigenvalue weighted by molar-refractivity contribution is 5.02. The van der Waals surface area contributed by atoms with Crippen molar-refractivity contribution in [2.75, 3.05) is 40.0 Å². The van der Waals surface area contributed by atoms with Crippen LogP contribution in [0.5, 0.6) is 0 Å². The van der Waals surface area contributed by atoms with Gasteiger partial charge in [-0.25, -0.2) is 0 Å². The van der Waals surface area contributed by atoms with E-state index < -0.39 is 0 Å². The Morgan fingerprint density at radius 2 is 2.10 bits per heavy atom. The lowest BCUT2D eigenvalue weighted by Crippen LogP contribution is -2.44.